The lowest BCUT2D eigenvalue weighted by atomic mass is 10.2. The quantitative estimate of drug-likeness (QED) is 0.517. The number of carbonyl (C=O) groups excluding carboxylic acids is 2. The van der Waals surface area contributed by atoms with Gasteiger partial charge in [-0.05, 0) is 48.9 Å². The van der Waals surface area contributed by atoms with E-state index in [1.54, 1.807) is 55.5 Å². The van der Waals surface area contributed by atoms with Crippen molar-refractivity contribution in [3.8, 4) is 0 Å². The number of thiophene rings is 1. The Morgan fingerprint density at radius 3 is 2.43 bits per heavy atom. The average Bonchev–Trinajstić information content (AvgIpc) is 3.19. The second-order valence-electron chi connectivity index (χ2n) is 6.58. The van der Waals surface area contributed by atoms with Crippen LogP contribution in [0.2, 0.25) is 0 Å². The standard InChI is InChI=1S/C21H21N3O4S2/c1-14-8-9-16(12-19(14)24-30(27,28)18-6-4-3-5-7-18)23-21(26)20-11-10-17(29-20)13-22-15(2)25/h3-12,24H,13H2,1-2H3,(H,22,25)(H,23,26). The summed E-state index contributed by atoms with van der Waals surface area (Å²) in [5.74, 6) is -0.450. The molecule has 0 radical (unpaired) electrons. The van der Waals surface area contributed by atoms with Crippen LogP contribution < -0.4 is 15.4 Å². The molecule has 0 aliphatic rings. The molecule has 2 amide bonds. The van der Waals surface area contributed by atoms with Crippen LogP contribution in [0.3, 0.4) is 0 Å². The Morgan fingerprint density at radius 1 is 1.00 bits per heavy atom. The lowest BCUT2D eigenvalue weighted by Crippen LogP contribution is -2.18. The van der Waals surface area contributed by atoms with Crippen molar-refractivity contribution >= 4 is 44.5 Å². The minimum atomic E-state index is -3.74. The molecule has 0 saturated carbocycles. The van der Waals surface area contributed by atoms with Crippen LogP contribution in [0, 0.1) is 6.92 Å². The van der Waals surface area contributed by atoms with Crippen molar-refractivity contribution < 1.29 is 18.0 Å². The maximum atomic E-state index is 12.6. The summed E-state index contributed by atoms with van der Waals surface area (Å²) in [4.78, 5) is 25.1. The maximum Gasteiger partial charge on any atom is 0.265 e. The highest BCUT2D eigenvalue weighted by molar-refractivity contribution is 7.92. The van der Waals surface area contributed by atoms with E-state index in [9.17, 15) is 18.0 Å². The molecule has 1 heterocycles. The Labute approximate surface area is 179 Å². The van der Waals surface area contributed by atoms with Gasteiger partial charge < -0.3 is 10.6 Å². The number of hydrogen-bond donors (Lipinski definition) is 3. The van der Waals surface area contributed by atoms with Gasteiger partial charge >= 0.3 is 0 Å². The average molecular weight is 444 g/mol. The fraction of sp³-hybridized carbons (Fsp3) is 0.143. The van der Waals surface area contributed by atoms with Crippen LogP contribution in [0.5, 0.6) is 0 Å². The molecule has 156 valence electrons. The zero-order valence-corrected chi connectivity index (χ0v) is 18.1. The number of hydrogen-bond acceptors (Lipinski definition) is 5. The lowest BCUT2D eigenvalue weighted by molar-refractivity contribution is -0.119. The fourth-order valence-electron chi connectivity index (χ4n) is 2.61. The summed E-state index contributed by atoms with van der Waals surface area (Å²) in [6.45, 7) is 3.58. The van der Waals surface area contributed by atoms with Gasteiger partial charge in [0, 0.05) is 17.5 Å². The SMILES string of the molecule is CC(=O)NCc1ccc(C(=O)Nc2ccc(C)c(NS(=O)(=O)c3ccccc3)c2)s1. The van der Waals surface area contributed by atoms with Gasteiger partial charge in [0.05, 0.1) is 22.0 Å². The molecule has 2 aromatic carbocycles. The van der Waals surface area contributed by atoms with Crippen LogP contribution in [-0.2, 0) is 21.4 Å². The molecular formula is C21H21N3O4S2. The molecule has 1 aromatic heterocycles. The number of carbonyl (C=O) groups is 2. The highest BCUT2D eigenvalue weighted by Gasteiger charge is 2.16. The van der Waals surface area contributed by atoms with E-state index in [4.69, 9.17) is 0 Å². The van der Waals surface area contributed by atoms with Crippen LogP contribution in [0.1, 0.15) is 27.0 Å². The zero-order chi connectivity index (χ0) is 21.7. The van der Waals surface area contributed by atoms with Crippen molar-refractivity contribution in [3.05, 3.63) is 76.0 Å². The van der Waals surface area contributed by atoms with E-state index in [-0.39, 0.29) is 16.7 Å². The highest BCUT2D eigenvalue weighted by atomic mass is 32.2. The fourth-order valence-corrected chi connectivity index (χ4v) is 4.60. The predicted octanol–water partition coefficient (Wildman–Crippen LogP) is 3.75. The molecule has 3 aromatic rings. The lowest BCUT2D eigenvalue weighted by Gasteiger charge is -2.13. The van der Waals surface area contributed by atoms with Crippen molar-refractivity contribution in [3.63, 3.8) is 0 Å². The monoisotopic (exact) mass is 443 g/mol. The Bertz CT molecular complexity index is 1170. The second kappa shape index (κ2) is 9.10. The number of aryl methyl sites for hydroxylation is 1. The van der Waals surface area contributed by atoms with E-state index in [0.717, 1.165) is 10.4 Å². The van der Waals surface area contributed by atoms with Gasteiger partial charge in [-0.25, -0.2) is 8.42 Å². The molecule has 0 unspecified atom stereocenters. The third-order valence-corrected chi connectivity index (χ3v) is 6.66. The van der Waals surface area contributed by atoms with E-state index in [2.05, 4.69) is 15.4 Å². The van der Waals surface area contributed by atoms with Crippen LogP contribution >= 0.6 is 11.3 Å². The van der Waals surface area contributed by atoms with Crippen molar-refractivity contribution in [1.29, 1.82) is 0 Å². The largest absolute Gasteiger partial charge is 0.351 e. The van der Waals surface area contributed by atoms with Gasteiger partial charge in [-0.1, -0.05) is 24.3 Å². The Balaban J connectivity index is 1.74. The molecule has 0 spiro atoms. The molecule has 3 N–H and O–H groups in total. The minimum absolute atomic E-state index is 0.139. The first-order valence-corrected chi connectivity index (χ1v) is 11.4. The first kappa shape index (κ1) is 21.5. The van der Waals surface area contributed by atoms with Gasteiger partial charge in [0.2, 0.25) is 5.91 Å². The maximum absolute atomic E-state index is 12.6. The predicted molar refractivity (Wildman–Crippen MR) is 118 cm³/mol. The minimum Gasteiger partial charge on any atom is -0.351 e. The Kier molecular flexibility index (Phi) is 6.53. The van der Waals surface area contributed by atoms with Crippen LogP contribution in [0.25, 0.3) is 0 Å². The molecule has 0 bridgehead atoms. The number of sulfonamides is 1. The molecule has 0 fully saturated rings. The molecule has 9 heteroatoms. The summed E-state index contributed by atoms with van der Waals surface area (Å²) in [7, 11) is -3.74. The molecule has 0 aliphatic heterocycles. The van der Waals surface area contributed by atoms with Crippen LogP contribution in [0.4, 0.5) is 11.4 Å². The van der Waals surface area contributed by atoms with Gasteiger partial charge in [-0.2, -0.15) is 0 Å². The molecule has 0 aliphatic carbocycles. The van der Waals surface area contributed by atoms with Gasteiger partial charge in [-0.3, -0.25) is 14.3 Å². The summed E-state index contributed by atoms with van der Waals surface area (Å²) in [6, 6.07) is 16.6. The molecule has 30 heavy (non-hydrogen) atoms. The third kappa shape index (κ3) is 5.46. The van der Waals surface area contributed by atoms with E-state index >= 15 is 0 Å². The smallest absolute Gasteiger partial charge is 0.265 e. The van der Waals surface area contributed by atoms with Crippen LogP contribution in [0.15, 0.2) is 65.6 Å². The summed E-state index contributed by atoms with van der Waals surface area (Å²) in [5.41, 5.74) is 1.57. The molecule has 0 atom stereocenters. The first-order chi connectivity index (χ1) is 14.2. The Morgan fingerprint density at radius 2 is 1.73 bits per heavy atom. The summed E-state index contributed by atoms with van der Waals surface area (Å²) < 4.78 is 27.8. The van der Waals surface area contributed by atoms with E-state index < -0.39 is 10.0 Å². The molecule has 0 saturated heterocycles. The summed E-state index contributed by atoms with van der Waals surface area (Å²) in [5, 5.41) is 5.47. The number of nitrogens with one attached hydrogen (secondary N) is 3. The van der Waals surface area contributed by atoms with Crippen molar-refractivity contribution in [2.45, 2.75) is 25.3 Å². The first-order valence-electron chi connectivity index (χ1n) is 9.07. The van der Waals surface area contributed by atoms with E-state index in [0.29, 0.717) is 22.8 Å². The van der Waals surface area contributed by atoms with Crippen molar-refractivity contribution in [2.75, 3.05) is 10.0 Å². The number of anilines is 2. The highest BCUT2D eigenvalue weighted by Crippen LogP contribution is 2.25. The topological polar surface area (TPSA) is 104 Å². The second-order valence-corrected chi connectivity index (χ2v) is 9.43. The summed E-state index contributed by atoms with van der Waals surface area (Å²) >= 11 is 1.28. The molecular weight excluding hydrogens is 422 g/mol. The van der Waals surface area contributed by atoms with Gasteiger partial charge in [-0.15, -0.1) is 11.3 Å². The zero-order valence-electron chi connectivity index (χ0n) is 16.4. The third-order valence-electron chi connectivity index (χ3n) is 4.19. The van der Waals surface area contributed by atoms with Gasteiger partial charge in [0.1, 0.15) is 0 Å². The Hall–Kier alpha value is -3.17. The van der Waals surface area contributed by atoms with Crippen molar-refractivity contribution in [1.82, 2.24) is 5.32 Å². The van der Waals surface area contributed by atoms with Gasteiger partial charge in [0.15, 0.2) is 0 Å². The van der Waals surface area contributed by atoms with E-state index in [1.165, 1.54) is 30.4 Å². The molecule has 3 rings (SSSR count). The summed E-state index contributed by atoms with van der Waals surface area (Å²) in [6.07, 6.45) is 0. The number of rotatable bonds is 7. The molecule has 7 nitrogen and oxygen atoms in total. The van der Waals surface area contributed by atoms with E-state index in [1.807, 2.05) is 0 Å². The van der Waals surface area contributed by atoms with Crippen LogP contribution in [-0.4, -0.2) is 20.2 Å². The van der Waals surface area contributed by atoms with Crippen molar-refractivity contribution in [2.24, 2.45) is 0 Å². The van der Waals surface area contributed by atoms with Gasteiger partial charge in [0.25, 0.3) is 15.9 Å². The normalized spacial score (nSPS) is 11.0. The number of benzene rings is 2. The number of amides is 2.